The lowest BCUT2D eigenvalue weighted by molar-refractivity contribution is -0.123. The zero-order valence-electron chi connectivity index (χ0n) is 18.2. The number of nitrogens with one attached hydrogen (secondary N) is 1. The molecule has 0 aliphatic carbocycles. The third-order valence-corrected chi connectivity index (χ3v) is 5.19. The van der Waals surface area contributed by atoms with E-state index in [1.54, 1.807) is 54.6 Å². The van der Waals surface area contributed by atoms with E-state index in [-0.39, 0.29) is 17.9 Å². The molecule has 0 radical (unpaired) electrons. The van der Waals surface area contributed by atoms with Gasteiger partial charge in [-0.1, -0.05) is 39.7 Å². The number of carbonyl (C=O) groups excluding carboxylic acids is 2. The van der Waals surface area contributed by atoms with Gasteiger partial charge in [-0.25, -0.2) is 10.2 Å². The van der Waals surface area contributed by atoms with Crippen LogP contribution in [-0.2, 0) is 4.79 Å². The van der Waals surface area contributed by atoms with Gasteiger partial charge in [0.1, 0.15) is 11.5 Å². The fourth-order valence-corrected chi connectivity index (χ4v) is 3.32. The lowest BCUT2D eigenvalue weighted by Crippen LogP contribution is -2.24. The smallest absolute Gasteiger partial charge is 0.343 e. The number of hydrazone groups is 1. The second-order valence-electron chi connectivity index (χ2n) is 6.65. The first-order valence-corrected chi connectivity index (χ1v) is 11.0. The number of para-hydroxylation sites is 1. The summed E-state index contributed by atoms with van der Waals surface area (Å²) >= 11 is 9.36. The first kappa shape index (κ1) is 25.1. The van der Waals surface area contributed by atoms with Crippen molar-refractivity contribution in [1.29, 1.82) is 0 Å². The Morgan fingerprint density at radius 2 is 1.71 bits per heavy atom. The van der Waals surface area contributed by atoms with Crippen LogP contribution in [0.5, 0.6) is 23.0 Å². The largest absolute Gasteiger partial charge is 0.493 e. The van der Waals surface area contributed by atoms with Crippen molar-refractivity contribution in [2.75, 3.05) is 20.8 Å². The van der Waals surface area contributed by atoms with Gasteiger partial charge < -0.3 is 18.9 Å². The minimum atomic E-state index is -0.602. The summed E-state index contributed by atoms with van der Waals surface area (Å²) in [7, 11) is 2.98. The number of rotatable bonds is 9. The summed E-state index contributed by atoms with van der Waals surface area (Å²) < 4.78 is 22.0. The van der Waals surface area contributed by atoms with E-state index >= 15 is 0 Å². The SMILES string of the molecule is COc1ccc(C(=O)Oc2ccc(Br)cc2C=NNC(=O)COc2ccccc2Cl)cc1OC. The molecule has 3 rings (SSSR count). The maximum atomic E-state index is 12.7. The molecule has 3 aromatic carbocycles. The second kappa shape index (κ2) is 12.1. The Morgan fingerprint density at radius 1 is 0.971 bits per heavy atom. The summed E-state index contributed by atoms with van der Waals surface area (Å²) in [5, 5.41) is 4.32. The first-order valence-electron chi connectivity index (χ1n) is 9.84. The van der Waals surface area contributed by atoms with Crippen LogP contribution >= 0.6 is 27.5 Å². The van der Waals surface area contributed by atoms with Gasteiger partial charge in [0.2, 0.25) is 0 Å². The molecule has 0 aliphatic rings. The molecule has 8 nitrogen and oxygen atoms in total. The molecule has 0 saturated carbocycles. The van der Waals surface area contributed by atoms with E-state index in [1.807, 2.05) is 0 Å². The van der Waals surface area contributed by atoms with E-state index in [0.29, 0.717) is 27.8 Å². The highest BCUT2D eigenvalue weighted by Gasteiger charge is 2.15. The van der Waals surface area contributed by atoms with Crippen molar-refractivity contribution >= 4 is 45.6 Å². The van der Waals surface area contributed by atoms with Crippen LogP contribution in [0.3, 0.4) is 0 Å². The monoisotopic (exact) mass is 546 g/mol. The van der Waals surface area contributed by atoms with E-state index in [4.69, 9.17) is 30.5 Å². The fraction of sp³-hybridized carbons (Fsp3) is 0.125. The number of ether oxygens (including phenoxy) is 4. The molecular weight excluding hydrogens is 528 g/mol. The summed E-state index contributed by atoms with van der Waals surface area (Å²) in [5.41, 5.74) is 3.08. The molecule has 0 fully saturated rings. The van der Waals surface area contributed by atoms with Crippen LogP contribution in [0.2, 0.25) is 5.02 Å². The van der Waals surface area contributed by atoms with E-state index in [9.17, 15) is 9.59 Å². The Morgan fingerprint density at radius 3 is 2.44 bits per heavy atom. The maximum Gasteiger partial charge on any atom is 0.343 e. The molecule has 0 bridgehead atoms. The molecule has 0 spiro atoms. The van der Waals surface area contributed by atoms with Gasteiger partial charge in [0.05, 0.1) is 31.0 Å². The van der Waals surface area contributed by atoms with Crippen LogP contribution in [0.15, 0.2) is 70.2 Å². The van der Waals surface area contributed by atoms with Gasteiger partial charge in [0.15, 0.2) is 18.1 Å². The lowest BCUT2D eigenvalue weighted by Gasteiger charge is -2.11. The predicted molar refractivity (Wildman–Crippen MR) is 131 cm³/mol. The topological polar surface area (TPSA) is 95.5 Å². The van der Waals surface area contributed by atoms with Crippen molar-refractivity contribution in [3.8, 4) is 23.0 Å². The van der Waals surface area contributed by atoms with Crippen molar-refractivity contribution in [2.45, 2.75) is 0 Å². The standard InChI is InChI=1S/C24H20BrClN2O6/c1-31-21-9-7-15(12-22(21)32-2)24(30)34-19-10-8-17(25)11-16(19)13-27-28-23(29)14-33-20-6-4-3-5-18(20)26/h3-13H,14H2,1-2H3,(H,28,29). The van der Waals surface area contributed by atoms with Gasteiger partial charge in [-0.2, -0.15) is 5.10 Å². The molecule has 0 saturated heterocycles. The van der Waals surface area contributed by atoms with Gasteiger partial charge in [0.25, 0.3) is 5.91 Å². The second-order valence-corrected chi connectivity index (χ2v) is 7.98. The summed E-state index contributed by atoms with van der Waals surface area (Å²) in [5.74, 6) is 0.430. The Kier molecular flexibility index (Phi) is 8.89. The number of hydrogen-bond acceptors (Lipinski definition) is 7. The molecule has 0 heterocycles. The number of carbonyl (C=O) groups is 2. The van der Waals surface area contributed by atoms with Crippen LogP contribution in [-0.4, -0.2) is 38.9 Å². The van der Waals surface area contributed by atoms with Gasteiger partial charge >= 0.3 is 5.97 Å². The van der Waals surface area contributed by atoms with Crippen LogP contribution in [0.1, 0.15) is 15.9 Å². The van der Waals surface area contributed by atoms with E-state index in [0.717, 1.165) is 4.47 Å². The zero-order valence-corrected chi connectivity index (χ0v) is 20.6. The van der Waals surface area contributed by atoms with Crippen LogP contribution < -0.4 is 24.4 Å². The molecule has 1 N–H and O–H groups in total. The number of esters is 1. The molecule has 176 valence electrons. The molecule has 0 aliphatic heterocycles. The summed E-state index contributed by atoms with van der Waals surface area (Å²) in [4.78, 5) is 24.7. The first-order chi connectivity index (χ1) is 16.4. The summed E-state index contributed by atoms with van der Waals surface area (Å²) in [6, 6.07) is 16.5. The van der Waals surface area contributed by atoms with E-state index in [1.165, 1.54) is 26.5 Å². The number of hydrogen-bond donors (Lipinski definition) is 1. The zero-order chi connectivity index (χ0) is 24.5. The molecule has 3 aromatic rings. The van der Waals surface area contributed by atoms with E-state index in [2.05, 4.69) is 26.5 Å². The Labute approximate surface area is 209 Å². The third-order valence-electron chi connectivity index (χ3n) is 4.38. The Bertz CT molecular complexity index is 1220. The van der Waals surface area contributed by atoms with Gasteiger partial charge in [-0.15, -0.1) is 0 Å². The lowest BCUT2D eigenvalue weighted by atomic mass is 10.2. The third kappa shape index (κ3) is 6.72. The number of nitrogens with zero attached hydrogens (tertiary/aromatic N) is 1. The Balaban J connectivity index is 1.66. The normalized spacial score (nSPS) is 10.6. The fourth-order valence-electron chi connectivity index (χ4n) is 2.75. The average molecular weight is 548 g/mol. The molecule has 0 unspecified atom stereocenters. The number of benzene rings is 3. The highest BCUT2D eigenvalue weighted by atomic mass is 79.9. The van der Waals surface area contributed by atoms with Gasteiger partial charge in [-0.05, 0) is 48.5 Å². The van der Waals surface area contributed by atoms with Crippen molar-refractivity contribution in [3.05, 3.63) is 81.3 Å². The maximum absolute atomic E-state index is 12.7. The quantitative estimate of drug-likeness (QED) is 0.178. The van der Waals surface area contributed by atoms with Crippen molar-refractivity contribution in [2.24, 2.45) is 5.10 Å². The van der Waals surface area contributed by atoms with Gasteiger partial charge in [-0.3, -0.25) is 4.79 Å². The number of halogens is 2. The van der Waals surface area contributed by atoms with Gasteiger partial charge in [0, 0.05) is 10.0 Å². The number of amides is 1. The molecular formula is C24H20BrClN2O6. The number of methoxy groups -OCH3 is 2. The molecule has 0 atom stereocenters. The molecule has 34 heavy (non-hydrogen) atoms. The van der Waals surface area contributed by atoms with Crippen LogP contribution in [0, 0.1) is 0 Å². The molecule has 10 heteroatoms. The minimum absolute atomic E-state index is 0.244. The van der Waals surface area contributed by atoms with E-state index < -0.39 is 11.9 Å². The van der Waals surface area contributed by atoms with Crippen molar-refractivity contribution in [1.82, 2.24) is 5.43 Å². The average Bonchev–Trinajstić information content (AvgIpc) is 2.84. The highest BCUT2D eigenvalue weighted by molar-refractivity contribution is 9.10. The highest BCUT2D eigenvalue weighted by Crippen LogP contribution is 2.29. The summed E-state index contributed by atoms with van der Waals surface area (Å²) in [6.45, 7) is -0.277. The van der Waals surface area contributed by atoms with Crippen molar-refractivity contribution < 1.29 is 28.5 Å². The molecule has 1 amide bonds. The predicted octanol–water partition coefficient (Wildman–Crippen LogP) is 4.87. The Hall–Kier alpha value is -3.56. The molecule has 0 aromatic heterocycles. The van der Waals surface area contributed by atoms with Crippen LogP contribution in [0.4, 0.5) is 0 Å². The van der Waals surface area contributed by atoms with Crippen LogP contribution in [0.25, 0.3) is 0 Å². The minimum Gasteiger partial charge on any atom is -0.493 e. The summed E-state index contributed by atoms with van der Waals surface area (Å²) in [6.07, 6.45) is 1.36. The van der Waals surface area contributed by atoms with Crippen molar-refractivity contribution in [3.63, 3.8) is 0 Å².